The Bertz CT molecular complexity index is 497. The SMILES string of the molecule is CC(C)CCC(C)NS(=O)(=O)c1cccc(CO)c1. The molecule has 2 N–H and O–H groups in total. The molecule has 0 amide bonds. The van der Waals surface area contributed by atoms with Crippen LogP contribution in [0.3, 0.4) is 0 Å². The van der Waals surface area contributed by atoms with Crippen LogP contribution in [0.15, 0.2) is 29.2 Å². The minimum Gasteiger partial charge on any atom is -0.392 e. The van der Waals surface area contributed by atoms with Gasteiger partial charge in [-0.3, -0.25) is 0 Å². The number of sulfonamides is 1. The van der Waals surface area contributed by atoms with E-state index in [4.69, 9.17) is 5.11 Å². The van der Waals surface area contributed by atoms with E-state index >= 15 is 0 Å². The van der Waals surface area contributed by atoms with Gasteiger partial charge in [0.2, 0.25) is 10.0 Å². The van der Waals surface area contributed by atoms with Gasteiger partial charge in [-0.05, 0) is 43.4 Å². The fraction of sp³-hybridized carbons (Fsp3) is 0.571. The zero-order chi connectivity index (χ0) is 14.5. The Labute approximate surface area is 115 Å². The second kappa shape index (κ2) is 7.03. The second-order valence-electron chi connectivity index (χ2n) is 5.30. The van der Waals surface area contributed by atoms with Gasteiger partial charge in [-0.25, -0.2) is 13.1 Å². The van der Waals surface area contributed by atoms with Gasteiger partial charge in [0.25, 0.3) is 0 Å². The van der Waals surface area contributed by atoms with Gasteiger partial charge in [-0.2, -0.15) is 0 Å². The minimum atomic E-state index is -3.50. The lowest BCUT2D eigenvalue weighted by molar-refractivity contribution is 0.281. The third-order valence-electron chi connectivity index (χ3n) is 2.92. The number of rotatable bonds is 7. The maximum Gasteiger partial charge on any atom is 0.240 e. The summed E-state index contributed by atoms with van der Waals surface area (Å²) in [5.41, 5.74) is 0.595. The predicted octanol–water partition coefficient (Wildman–Crippen LogP) is 2.28. The first-order valence-corrected chi connectivity index (χ1v) is 8.05. The molecule has 0 aromatic heterocycles. The summed E-state index contributed by atoms with van der Waals surface area (Å²) in [5, 5.41) is 9.04. The first-order chi connectivity index (χ1) is 8.85. The number of aliphatic hydroxyl groups is 1. The molecule has 0 bridgehead atoms. The summed E-state index contributed by atoms with van der Waals surface area (Å²) in [6.07, 6.45) is 1.80. The van der Waals surface area contributed by atoms with Gasteiger partial charge in [0, 0.05) is 6.04 Å². The molecule has 1 atom stereocenters. The van der Waals surface area contributed by atoms with E-state index in [1.807, 2.05) is 6.92 Å². The highest BCUT2D eigenvalue weighted by molar-refractivity contribution is 7.89. The fourth-order valence-electron chi connectivity index (χ4n) is 1.79. The van der Waals surface area contributed by atoms with Crippen LogP contribution in [0.25, 0.3) is 0 Å². The Hall–Kier alpha value is -0.910. The Morgan fingerprint density at radius 1 is 1.21 bits per heavy atom. The first-order valence-electron chi connectivity index (χ1n) is 6.57. The molecule has 0 spiro atoms. The van der Waals surface area contributed by atoms with Crippen molar-refractivity contribution < 1.29 is 13.5 Å². The number of aliphatic hydroxyl groups excluding tert-OH is 1. The molecule has 0 radical (unpaired) electrons. The first kappa shape index (κ1) is 16.1. The van der Waals surface area contributed by atoms with Crippen LogP contribution >= 0.6 is 0 Å². The van der Waals surface area contributed by atoms with Crippen molar-refractivity contribution in [3.8, 4) is 0 Å². The zero-order valence-electron chi connectivity index (χ0n) is 11.8. The van der Waals surface area contributed by atoms with Crippen LogP contribution in [0.1, 0.15) is 39.2 Å². The average Bonchev–Trinajstić information content (AvgIpc) is 2.36. The van der Waals surface area contributed by atoms with Gasteiger partial charge in [0.15, 0.2) is 0 Å². The van der Waals surface area contributed by atoms with Gasteiger partial charge in [0.05, 0.1) is 11.5 Å². The lowest BCUT2D eigenvalue weighted by atomic mass is 10.1. The fourth-order valence-corrected chi connectivity index (χ4v) is 3.13. The molecule has 0 aliphatic heterocycles. The third kappa shape index (κ3) is 5.30. The molecule has 0 heterocycles. The summed E-state index contributed by atoms with van der Waals surface area (Å²) >= 11 is 0. The Morgan fingerprint density at radius 3 is 2.47 bits per heavy atom. The van der Waals surface area contributed by atoms with Crippen molar-refractivity contribution in [3.63, 3.8) is 0 Å². The van der Waals surface area contributed by atoms with Gasteiger partial charge < -0.3 is 5.11 Å². The molecule has 1 rings (SSSR count). The molecule has 108 valence electrons. The summed E-state index contributed by atoms with van der Waals surface area (Å²) in [6.45, 7) is 5.94. The topological polar surface area (TPSA) is 66.4 Å². The molecule has 0 saturated heterocycles. The van der Waals surface area contributed by atoms with Crippen molar-refractivity contribution >= 4 is 10.0 Å². The standard InChI is InChI=1S/C14H23NO3S/c1-11(2)7-8-12(3)15-19(17,18)14-6-4-5-13(9-14)10-16/h4-6,9,11-12,15-16H,7-8,10H2,1-3H3. The van der Waals surface area contributed by atoms with E-state index in [0.29, 0.717) is 11.5 Å². The summed E-state index contributed by atoms with van der Waals surface area (Å²) < 4.78 is 27.0. The van der Waals surface area contributed by atoms with Crippen LogP contribution in [0.4, 0.5) is 0 Å². The van der Waals surface area contributed by atoms with E-state index in [1.54, 1.807) is 12.1 Å². The maximum absolute atomic E-state index is 12.2. The molecule has 1 aromatic rings. The smallest absolute Gasteiger partial charge is 0.240 e. The van der Waals surface area contributed by atoms with Crippen molar-refractivity contribution in [2.24, 2.45) is 5.92 Å². The molecular formula is C14H23NO3S. The van der Waals surface area contributed by atoms with E-state index in [-0.39, 0.29) is 17.5 Å². The van der Waals surface area contributed by atoms with Gasteiger partial charge in [-0.1, -0.05) is 26.0 Å². The molecule has 19 heavy (non-hydrogen) atoms. The lowest BCUT2D eigenvalue weighted by Crippen LogP contribution is -2.32. The predicted molar refractivity (Wildman–Crippen MR) is 76.2 cm³/mol. The lowest BCUT2D eigenvalue weighted by Gasteiger charge is -2.15. The van der Waals surface area contributed by atoms with Crippen molar-refractivity contribution in [2.75, 3.05) is 0 Å². The van der Waals surface area contributed by atoms with E-state index < -0.39 is 10.0 Å². The van der Waals surface area contributed by atoms with Crippen molar-refractivity contribution in [2.45, 2.75) is 51.2 Å². The molecule has 1 unspecified atom stereocenters. The summed E-state index contributed by atoms with van der Waals surface area (Å²) in [5.74, 6) is 0.560. The molecule has 0 aliphatic rings. The molecule has 4 nitrogen and oxygen atoms in total. The highest BCUT2D eigenvalue weighted by Crippen LogP contribution is 2.14. The van der Waals surface area contributed by atoms with Crippen LogP contribution < -0.4 is 4.72 Å². The quantitative estimate of drug-likeness (QED) is 0.807. The molecule has 1 aromatic carbocycles. The van der Waals surface area contributed by atoms with E-state index in [9.17, 15) is 8.42 Å². The summed E-state index contributed by atoms with van der Waals surface area (Å²) in [4.78, 5) is 0.204. The molecule has 0 saturated carbocycles. The Balaban J connectivity index is 2.74. The van der Waals surface area contributed by atoms with Gasteiger partial charge >= 0.3 is 0 Å². The number of hydrogen-bond acceptors (Lipinski definition) is 3. The molecule has 5 heteroatoms. The largest absolute Gasteiger partial charge is 0.392 e. The van der Waals surface area contributed by atoms with Crippen molar-refractivity contribution in [3.05, 3.63) is 29.8 Å². The van der Waals surface area contributed by atoms with Crippen LogP contribution in [-0.4, -0.2) is 19.6 Å². The van der Waals surface area contributed by atoms with Crippen LogP contribution in [0.5, 0.6) is 0 Å². The highest BCUT2D eigenvalue weighted by atomic mass is 32.2. The summed E-state index contributed by atoms with van der Waals surface area (Å²) in [7, 11) is -3.50. The van der Waals surface area contributed by atoms with Crippen LogP contribution in [0, 0.1) is 5.92 Å². The number of hydrogen-bond donors (Lipinski definition) is 2. The molecule has 0 aliphatic carbocycles. The maximum atomic E-state index is 12.2. The highest BCUT2D eigenvalue weighted by Gasteiger charge is 2.17. The van der Waals surface area contributed by atoms with E-state index in [2.05, 4.69) is 18.6 Å². The molecular weight excluding hydrogens is 262 g/mol. The second-order valence-corrected chi connectivity index (χ2v) is 7.01. The monoisotopic (exact) mass is 285 g/mol. The normalized spacial score (nSPS) is 13.7. The van der Waals surface area contributed by atoms with Gasteiger partial charge in [0.1, 0.15) is 0 Å². The van der Waals surface area contributed by atoms with Gasteiger partial charge in [-0.15, -0.1) is 0 Å². The Kier molecular flexibility index (Phi) is 5.97. The van der Waals surface area contributed by atoms with Crippen molar-refractivity contribution in [1.29, 1.82) is 0 Å². The Morgan fingerprint density at radius 2 is 1.89 bits per heavy atom. The van der Waals surface area contributed by atoms with E-state index in [0.717, 1.165) is 12.8 Å². The van der Waals surface area contributed by atoms with E-state index in [1.165, 1.54) is 12.1 Å². The van der Waals surface area contributed by atoms with Crippen LogP contribution in [0.2, 0.25) is 0 Å². The summed E-state index contributed by atoms with van der Waals surface area (Å²) in [6, 6.07) is 6.28. The minimum absolute atomic E-state index is 0.0924. The average molecular weight is 285 g/mol. The zero-order valence-corrected chi connectivity index (χ0v) is 12.6. The third-order valence-corrected chi connectivity index (χ3v) is 4.51. The number of benzene rings is 1. The molecule has 0 fully saturated rings. The van der Waals surface area contributed by atoms with Crippen molar-refractivity contribution in [1.82, 2.24) is 4.72 Å². The number of nitrogens with one attached hydrogen (secondary N) is 1. The van der Waals surface area contributed by atoms with Crippen LogP contribution in [-0.2, 0) is 16.6 Å².